The van der Waals surface area contributed by atoms with Crippen LogP contribution in [-0.2, 0) is 14.3 Å². The van der Waals surface area contributed by atoms with Crippen molar-refractivity contribution in [3.8, 4) is 11.5 Å². The molecule has 1 aliphatic heterocycles. The lowest BCUT2D eigenvalue weighted by molar-refractivity contribution is -0.149. The van der Waals surface area contributed by atoms with E-state index in [1.165, 1.54) is 31.2 Å². The van der Waals surface area contributed by atoms with Crippen molar-refractivity contribution in [3.63, 3.8) is 0 Å². The Bertz CT molecular complexity index is 946. The highest BCUT2D eigenvalue weighted by molar-refractivity contribution is 6.35. The van der Waals surface area contributed by atoms with Crippen LogP contribution in [0.1, 0.15) is 17.3 Å². The minimum Gasteiger partial charge on any atom is -0.482 e. The minimum atomic E-state index is -0.984. The van der Waals surface area contributed by atoms with E-state index in [-0.39, 0.29) is 28.8 Å². The molecule has 1 atom stereocenters. The van der Waals surface area contributed by atoms with E-state index in [2.05, 4.69) is 5.32 Å². The van der Waals surface area contributed by atoms with Crippen LogP contribution in [0, 0.1) is 0 Å². The van der Waals surface area contributed by atoms with Gasteiger partial charge in [0.1, 0.15) is 11.5 Å². The van der Waals surface area contributed by atoms with Gasteiger partial charge >= 0.3 is 5.97 Å². The normalized spacial score (nSPS) is 13.6. The first-order valence-electron chi connectivity index (χ1n) is 8.21. The number of esters is 1. The maximum atomic E-state index is 12.3. The molecule has 28 heavy (non-hydrogen) atoms. The van der Waals surface area contributed by atoms with Crippen LogP contribution in [-0.4, -0.2) is 37.0 Å². The Kier molecular flexibility index (Phi) is 6.06. The summed E-state index contributed by atoms with van der Waals surface area (Å²) in [5.41, 5.74) is 0.661. The van der Waals surface area contributed by atoms with Crippen molar-refractivity contribution < 1.29 is 28.6 Å². The van der Waals surface area contributed by atoms with E-state index in [0.717, 1.165) is 0 Å². The average molecular weight is 424 g/mol. The second-order valence-corrected chi connectivity index (χ2v) is 6.76. The quantitative estimate of drug-likeness (QED) is 0.564. The van der Waals surface area contributed by atoms with Crippen molar-refractivity contribution in [2.24, 2.45) is 0 Å². The number of ether oxygens (including phenoxy) is 3. The Morgan fingerprint density at radius 2 is 2.00 bits per heavy atom. The summed E-state index contributed by atoms with van der Waals surface area (Å²) in [6, 6.07) is 9.15. The first-order chi connectivity index (χ1) is 13.3. The van der Waals surface area contributed by atoms with Gasteiger partial charge in [-0.1, -0.05) is 23.2 Å². The van der Waals surface area contributed by atoms with E-state index >= 15 is 0 Å². The van der Waals surface area contributed by atoms with Gasteiger partial charge in [0.15, 0.2) is 25.1 Å². The molecule has 0 bridgehead atoms. The van der Waals surface area contributed by atoms with Crippen LogP contribution < -0.4 is 14.8 Å². The fourth-order valence-corrected chi connectivity index (χ4v) is 2.86. The molecule has 2 aromatic carbocycles. The molecule has 9 heteroatoms. The second kappa shape index (κ2) is 8.50. The third-order valence-corrected chi connectivity index (χ3v) is 4.34. The summed E-state index contributed by atoms with van der Waals surface area (Å²) >= 11 is 11.8. The van der Waals surface area contributed by atoms with Crippen LogP contribution in [0.25, 0.3) is 0 Å². The first-order valence-corrected chi connectivity index (χ1v) is 8.97. The fourth-order valence-electron chi connectivity index (χ4n) is 2.40. The maximum absolute atomic E-state index is 12.3. The molecule has 1 aliphatic rings. The van der Waals surface area contributed by atoms with E-state index in [0.29, 0.717) is 16.5 Å². The lowest BCUT2D eigenvalue weighted by Crippen LogP contribution is -2.28. The van der Waals surface area contributed by atoms with Crippen LogP contribution in [0.15, 0.2) is 36.4 Å². The van der Waals surface area contributed by atoms with Gasteiger partial charge < -0.3 is 19.5 Å². The topological polar surface area (TPSA) is 90.9 Å². The number of carbonyl (C=O) groups excluding carboxylic acids is 3. The highest BCUT2D eigenvalue weighted by atomic mass is 35.5. The molecule has 0 radical (unpaired) electrons. The number of hydrogen-bond acceptors (Lipinski definition) is 6. The molecule has 0 fully saturated rings. The molecule has 1 heterocycles. The Balaban J connectivity index is 1.57. The highest BCUT2D eigenvalue weighted by Crippen LogP contribution is 2.29. The molecule has 1 unspecified atom stereocenters. The Morgan fingerprint density at radius 1 is 1.21 bits per heavy atom. The van der Waals surface area contributed by atoms with Crippen molar-refractivity contribution in [1.29, 1.82) is 0 Å². The number of Topliss-reactive ketones (excluding diaryl/α,β-unsaturated/α-hetero) is 1. The summed E-state index contributed by atoms with van der Waals surface area (Å²) in [6.45, 7) is 0.922. The van der Waals surface area contributed by atoms with E-state index in [1.807, 2.05) is 0 Å². The number of benzene rings is 2. The smallest absolute Gasteiger partial charge is 0.347 e. The van der Waals surface area contributed by atoms with E-state index in [4.69, 9.17) is 37.4 Å². The zero-order valence-corrected chi connectivity index (χ0v) is 16.2. The summed E-state index contributed by atoms with van der Waals surface area (Å²) in [6.07, 6.45) is -0.984. The van der Waals surface area contributed by atoms with Gasteiger partial charge in [0.05, 0.1) is 10.7 Å². The predicted octanol–water partition coefficient (Wildman–Crippen LogP) is 3.52. The third-order valence-electron chi connectivity index (χ3n) is 3.81. The molecule has 0 aliphatic carbocycles. The second-order valence-electron chi connectivity index (χ2n) is 5.91. The molecule has 7 nitrogen and oxygen atoms in total. The number of halogens is 2. The third kappa shape index (κ3) is 4.74. The maximum Gasteiger partial charge on any atom is 0.347 e. The molecule has 3 rings (SSSR count). The number of hydrogen-bond donors (Lipinski definition) is 1. The van der Waals surface area contributed by atoms with E-state index in [1.54, 1.807) is 12.1 Å². The standard InChI is InChI=1S/C19H15Cl2NO6/c1-10(28-16-5-3-12(20)7-13(16)21)19(25)27-8-15(23)11-2-4-17-14(6-11)22-18(24)9-26-17/h2-7,10H,8-9H2,1H3,(H,22,24). The number of carbonyl (C=O) groups is 3. The van der Waals surface area contributed by atoms with Crippen LogP contribution in [0.3, 0.4) is 0 Å². The van der Waals surface area contributed by atoms with Crippen LogP contribution in [0.5, 0.6) is 11.5 Å². The van der Waals surface area contributed by atoms with Crippen LogP contribution in [0.2, 0.25) is 10.0 Å². The molecule has 0 aromatic heterocycles. The fraction of sp³-hybridized carbons (Fsp3) is 0.211. The van der Waals surface area contributed by atoms with Gasteiger partial charge in [0.25, 0.3) is 5.91 Å². The Labute approximate surface area is 170 Å². The monoisotopic (exact) mass is 423 g/mol. The lowest BCUT2D eigenvalue weighted by Gasteiger charge is -2.18. The van der Waals surface area contributed by atoms with Crippen LogP contribution in [0.4, 0.5) is 5.69 Å². The van der Waals surface area contributed by atoms with Gasteiger partial charge in [0.2, 0.25) is 0 Å². The van der Waals surface area contributed by atoms with Gasteiger partial charge in [-0.3, -0.25) is 9.59 Å². The van der Waals surface area contributed by atoms with E-state index in [9.17, 15) is 14.4 Å². The molecule has 0 spiro atoms. The number of ketones is 1. The van der Waals surface area contributed by atoms with Crippen molar-refractivity contribution in [1.82, 2.24) is 0 Å². The zero-order valence-electron chi connectivity index (χ0n) is 14.7. The van der Waals surface area contributed by atoms with Crippen molar-refractivity contribution in [3.05, 3.63) is 52.0 Å². The molecule has 146 valence electrons. The summed E-state index contributed by atoms with van der Waals surface area (Å²) in [5.74, 6) is -0.737. The van der Waals surface area contributed by atoms with Gasteiger partial charge in [-0.25, -0.2) is 4.79 Å². The summed E-state index contributed by atoms with van der Waals surface area (Å²) in [4.78, 5) is 35.7. The van der Waals surface area contributed by atoms with E-state index < -0.39 is 24.5 Å². The van der Waals surface area contributed by atoms with Gasteiger partial charge in [0, 0.05) is 10.6 Å². The molecular formula is C19H15Cl2NO6. The van der Waals surface area contributed by atoms with Gasteiger partial charge in [-0.15, -0.1) is 0 Å². The summed E-state index contributed by atoms with van der Waals surface area (Å²) < 4.78 is 15.7. The van der Waals surface area contributed by atoms with Crippen molar-refractivity contribution >= 4 is 46.5 Å². The predicted molar refractivity (Wildman–Crippen MR) is 102 cm³/mol. The Hall–Kier alpha value is -2.77. The van der Waals surface area contributed by atoms with Gasteiger partial charge in [-0.2, -0.15) is 0 Å². The zero-order chi connectivity index (χ0) is 20.3. The number of rotatable bonds is 6. The van der Waals surface area contributed by atoms with Crippen molar-refractivity contribution in [2.75, 3.05) is 18.5 Å². The molecule has 0 saturated heterocycles. The number of anilines is 1. The summed E-state index contributed by atoms with van der Waals surface area (Å²) in [5, 5.41) is 3.30. The number of amides is 1. The average Bonchev–Trinajstić information content (AvgIpc) is 2.67. The molecule has 2 aromatic rings. The number of fused-ring (bicyclic) bond motifs is 1. The molecular weight excluding hydrogens is 409 g/mol. The highest BCUT2D eigenvalue weighted by Gasteiger charge is 2.21. The molecule has 0 saturated carbocycles. The Morgan fingerprint density at radius 3 is 2.75 bits per heavy atom. The minimum absolute atomic E-state index is 0.0760. The molecule has 1 N–H and O–H groups in total. The molecule has 1 amide bonds. The summed E-state index contributed by atoms with van der Waals surface area (Å²) in [7, 11) is 0. The largest absolute Gasteiger partial charge is 0.482 e. The SMILES string of the molecule is CC(Oc1ccc(Cl)cc1Cl)C(=O)OCC(=O)c1ccc2c(c1)NC(=O)CO2. The van der Waals surface area contributed by atoms with Gasteiger partial charge in [-0.05, 0) is 43.3 Å². The van der Waals surface area contributed by atoms with Crippen LogP contribution >= 0.6 is 23.2 Å². The van der Waals surface area contributed by atoms with Crippen molar-refractivity contribution in [2.45, 2.75) is 13.0 Å². The lowest BCUT2D eigenvalue weighted by atomic mass is 10.1. The number of nitrogens with one attached hydrogen (secondary N) is 1. The first kappa shape index (κ1) is 20.0.